The van der Waals surface area contributed by atoms with Gasteiger partial charge in [-0.25, -0.2) is 4.79 Å². The molecule has 0 unspecified atom stereocenters. The smallest absolute Gasteiger partial charge is 0.319 e. The number of nitrogens with one attached hydrogen (secondary N) is 2. The molecule has 4 nitrogen and oxygen atoms in total. The number of urea groups is 1. The highest BCUT2D eigenvalue weighted by Gasteiger charge is 2.03. The molecular weight excluding hydrogens is 300 g/mol. The number of hydrogen-bond acceptors (Lipinski definition) is 2. The van der Waals surface area contributed by atoms with Gasteiger partial charge in [-0.15, -0.1) is 0 Å². The van der Waals surface area contributed by atoms with Gasteiger partial charge in [0.15, 0.2) is 0 Å². The maximum absolute atomic E-state index is 11.8. The standard InChI is InChI=1S/C17H19ClN2O2/c1-12-4-3-5-15(10-12)22-9-8-19-17(21)20-14-7-6-13(2)16(18)11-14/h3-7,10-11H,8-9H2,1-2H3,(H2,19,20,21). The monoisotopic (exact) mass is 318 g/mol. The van der Waals surface area contributed by atoms with E-state index in [-0.39, 0.29) is 6.03 Å². The number of amides is 2. The van der Waals surface area contributed by atoms with E-state index in [0.717, 1.165) is 16.9 Å². The second-order valence-electron chi connectivity index (χ2n) is 5.01. The van der Waals surface area contributed by atoms with Gasteiger partial charge < -0.3 is 15.4 Å². The van der Waals surface area contributed by atoms with E-state index in [2.05, 4.69) is 10.6 Å². The van der Waals surface area contributed by atoms with Crippen molar-refractivity contribution in [2.45, 2.75) is 13.8 Å². The number of benzene rings is 2. The van der Waals surface area contributed by atoms with Gasteiger partial charge in [0.05, 0.1) is 6.54 Å². The van der Waals surface area contributed by atoms with Crippen LogP contribution in [0.5, 0.6) is 5.75 Å². The van der Waals surface area contributed by atoms with Crippen LogP contribution in [0.4, 0.5) is 10.5 Å². The van der Waals surface area contributed by atoms with Crippen LogP contribution in [0.2, 0.25) is 5.02 Å². The summed E-state index contributed by atoms with van der Waals surface area (Å²) in [6.07, 6.45) is 0. The molecule has 0 aliphatic heterocycles. The molecule has 2 rings (SSSR count). The second-order valence-corrected chi connectivity index (χ2v) is 5.42. The predicted molar refractivity (Wildman–Crippen MR) is 89.9 cm³/mol. The van der Waals surface area contributed by atoms with Crippen LogP contribution >= 0.6 is 11.6 Å². The van der Waals surface area contributed by atoms with Crippen molar-refractivity contribution in [1.29, 1.82) is 0 Å². The average Bonchev–Trinajstić information content (AvgIpc) is 2.48. The first-order valence-corrected chi connectivity index (χ1v) is 7.43. The maximum Gasteiger partial charge on any atom is 0.319 e. The molecule has 0 aromatic heterocycles. The number of carbonyl (C=O) groups is 1. The summed E-state index contributed by atoms with van der Waals surface area (Å²) in [6, 6.07) is 12.9. The summed E-state index contributed by atoms with van der Waals surface area (Å²) in [5.74, 6) is 0.799. The van der Waals surface area contributed by atoms with Crippen LogP contribution < -0.4 is 15.4 Å². The molecule has 5 heteroatoms. The molecule has 0 aliphatic carbocycles. The third kappa shape index (κ3) is 4.97. The lowest BCUT2D eigenvalue weighted by Crippen LogP contribution is -2.32. The van der Waals surface area contributed by atoms with E-state index in [1.54, 1.807) is 6.07 Å². The SMILES string of the molecule is Cc1cccc(OCCNC(=O)Nc2ccc(C)c(Cl)c2)c1. The molecule has 116 valence electrons. The molecule has 0 fully saturated rings. The van der Waals surface area contributed by atoms with Crippen LogP contribution in [0.15, 0.2) is 42.5 Å². The molecule has 0 aliphatic rings. The van der Waals surface area contributed by atoms with Gasteiger partial charge in [0.25, 0.3) is 0 Å². The van der Waals surface area contributed by atoms with Crippen molar-refractivity contribution in [2.75, 3.05) is 18.5 Å². The van der Waals surface area contributed by atoms with Crippen LogP contribution in [0.3, 0.4) is 0 Å². The Bertz CT molecular complexity index is 659. The first kappa shape index (κ1) is 16.2. The van der Waals surface area contributed by atoms with Gasteiger partial charge in [-0.1, -0.05) is 29.8 Å². The molecule has 2 N–H and O–H groups in total. The minimum absolute atomic E-state index is 0.284. The normalized spacial score (nSPS) is 10.1. The Hall–Kier alpha value is -2.20. The Morgan fingerprint density at radius 2 is 2.00 bits per heavy atom. The number of rotatable bonds is 5. The van der Waals surface area contributed by atoms with Crippen LogP contribution in [-0.2, 0) is 0 Å². The minimum Gasteiger partial charge on any atom is -0.492 e. The van der Waals surface area contributed by atoms with Gasteiger partial charge in [-0.2, -0.15) is 0 Å². The lowest BCUT2D eigenvalue weighted by Gasteiger charge is -2.10. The Labute approximate surface area is 135 Å². The van der Waals surface area contributed by atoms with Gasteiger partial charge in [-0.05, 0) is 49.2 Å². The lowest BCUT2D eigenvalue weighted by molar-refractivity contribution is 0.247. The van der Waals surface area contributed by atoms with E-state index < -0.39 is 0 Å². The highest BCUT2D eigenvalue weighted by Crippen LogP contribution is 2.19. The topological polar surface area (TPSA) is 50.4 Å². The molecule has 0 saturated heterocycles. The first-order valence-electron chi connectivity index (χ1n) is 7.05. The summed E-state index contributed by atoms with van der Waals surface area (Å²) in [5.41, 5.74) is 2.77. The van der Waals surface area contributed by atoms with Crippen molar-refractivity contribution in [2.24, 2.45) is 0 Å². The maximum atomic E-state index is 11.8. The van der Waals surface area contributed by atoms with Crippen molar-refractivity contribution in [3.05, 3.63) is 58.6 Å². The minimum atomic E-state index is -0.284. The number of carbonyl (C=O) groups excluding carboxylic acids is 1. The molecule has 0 saturated carbocycles. The van der Waals surface area contributed by atoms with Gasteiger partial charge in [0.1, 0.15) is 12.4 Å². The number of halogens is 1. The summed E-state index contributed by atoms with van der Waals surface area (Å²) in [6.45, 7) is 4.74. The summed E-state index contributed by atoms with van der Waals surface area (Å²) >= 11 is 6.01. The third-order valence-electron chi connectivity index (χ3n) is 3.08. The van der Waals surface area contributed by atoms with E-state index in [0.29, 0.717) is 23.9 Å². The Balaban J connectivity index is 1.72. The molecule has 22 heavy (non-hydrogen) atoms. The highest BCUT2D eigenvalue weighted by atomic mass is 35.5. The fraction of sp³-hybridized carbons (Fsp3) is 0.235. The summed E-state index contributed by atoms with van der Waals surface area (Å²) < 4.78 is 5.56. The predicted octanol–water partition coefficient (Wildman–Crippen LogP) is 4.16. The number of hydrogen-bond donors (Lipinski definition) is 2. The van der Waals surface area contributed by atoms with Crippen LogP contribution in [0, 0.1) is 13.8 Å². The molecule has 2 aromatic carbocycles. The van der Waals surface area contributed by atoms with Crippen LogP contribution in [0.1, 0.15) is 11.1 Å². The fourth-order valence-corrected chi connectivity index (χ4v) is 2.07. The Morgan fingerprint density at radius 1 is 1.18 bits per heavy atom. The van der Waals surface area contributed by atoms with Crippen molar-refractivity contribution < 1.29 is 9.53 Å². The summed E-state index contributed by atoms with van der Waals surface area (Å²) in [7, 11) is 0. The van der Waals surface area contributed by atoms with Gasteiger partial charge in [0, 0.05) is 10.7 Å². The van der Waals surface area contributed by atoms with Gasteiger partial charge >= 0.3 is 6.03 Å². The molecule has 2 amide bonds. The van der Waals surface area contributed by atoms with E-state index in [9.17, 15) is 4.79 Å². The molecule has 0 bridgehead atoms. The number of ether oxygens (including phenoxy) is 1. The van der Waals surface area contributed by atoms with Gasteiger partial charge in [0.2, 0.25) is 0 Å². The Kier molecular flexibility index (Phi) is 5.67. The lowest BCUT2D eigenvalue weighted by atomic mass is 10.2. The molecule has 0 spiro atoms. The van der Waals surface area contributed by atoms with E-state index in [4.69, 9.17) is 16.3 Å². The summed E-state index contributed by atoms with van der Waals surface area (Å²) in [4.78, 5) is 11.8. The van der Waals surface area contributed by atoms with Crippen molar-refractivity contribution in [3.63, 3.8) is 0 Å². The quantitative estimate of drug-likeness (QED) is 0.813. The van der Waals surface area contributed by atoms with E-state index in [1.165, 1.54) is 0 Å². The van der Waals surface area contributed by atoms with Crippen LogP contribution in [0.25, 0.3) is 0 Å². The summed E-state index contributed by atoms with van der Waals surface area (Å²) in [5, 5.41) is 6.09. The molecule has 0 atom stereocenters. The fourth-order valence-electron chi connectivity index (χ4n) is 1.88. The van der Waals surface area contributed by atoms with Crippen molar-refractivity contribution in [3.8, 4) is 5.75 Å². The zero-order chi connectivity index (χ0) is 15.9. The number of aryl methyl sites for hydroxylation is 2. The number of anilines is 1. The first-order chi connectivity index (χ1) is 10.5. The second kappa shape index (κ2) is 7.71. The third-order valence-corrected chi connectivity index (χ3v) is 3.48. The molecule has 2 aromatic rings. The van der Waals surface area contributed by atoms with E-state index >= 15 is 0 Å². The zero-order valence-corrected chi connectivity index (χ0v) is 13.4. The van der Waals surface area contributed by atoms with Gasteiger partial charge in [-0.3, -0.25) is 0 Å². The molecule has 0 radical (unpaired) electrons. The van der Waals surface area contributed by atoms with Crippen molar-refractivity contribution >= 4 is 23.3 Å². The zero-order valence-electron chi connectivity index (χ0n) is 12.7. The molecular formula is C17H19ClN2O2. The average molecular weight is 319 g/mol. The van der Waals surface area contributed by atoms with Crippen molar-refractivity contribution in [1.82, 2.24) is 5.32 Å². The largest absolute Gasteiger partial charge is 0.492 e. The van der Waals surface area contributed by atoms with E-state index in [1.807, 2.05) is 50.2 Å². The Morgan fingerprint density at radius 3 is 2.73 bits per heavy atom. The highest BCUT2D eigenvalue weighted by molar-refractivity contribution is 6.31. The molecule has 0 heterocycles. The van der Waals surface area contributed by atoms with Crippen LogP contribution in [-0.4, -0.2) is 19.2 Å².